The predicted molar refractivity (Wildman–Crippen MR) is 320 cm³/mol. The first kappa shape index (κ1) is 52.8. The number of hydrogen-bond acceptors (Lipinski definition) is 0. The average Bonchev–Trinajstić information content (AvgIpc) is 3.41. The van der Waals surface area contributed by atoms with E-state index in [-0.39, 0.29) is 0 Å². The van der Waals surface area contributed by atoms with Gasteiger partial charge in [-0.3, -0.25) is 0 Å². The monoisotopic (exact) mass is 943 g/mol. The van der Waals surface area contributed by atoms with Crippen molar-refractivity contribution < 1.29 is 0 Å². The number of hydrogen-bond donors (Lipinski definition) is 0. The van der Waals surface area contributed by atoms with Crippen LogP contribution in [0.3, 0.4) is 0 Å². The van der Waals surface area contributed by atoms with Crippen LogP contribution in [-0.2, 0) is 0 Å². The van der Waals surface area contributed by atoms with Gasteiger partial charge < -0.3 is 0 Å². The van der Waals surface area contributed by atoms with E-state index in [4.69, 9.17) is 0 Å². The summed E-state index contributed by atoms with van der Waals surface area (Å²) in [6.07, 6.45) is 23.0. The molecule has 0 bridgehead atoms. The first-order valence-electron chi connectivity index (χ1n) is 26.8. The van der Waals surface area contributed by atoms with Crippen molar-refractivity contribution >= 4 is 32.3 Å². The van der Waals surface area contributed by atoms with Gasteiger partial charge >= 0.3 is 0 Å². The summed E-state index contributed by atoms with van der Waals surface area (Å²) < 4.78 is 0. The zero-order valence-electron chi connectivity index (χ0n) is 44.9. The molecule has 9 aromatic carbocycles. The molecular weight excluding hydrogens is 865 g/mol. The van der Waals surface area contributed by atoms with Gasteiger partial charge in [0.2, 0.25) is 0 Å². The molecule has 0 heterocycles. The highest BCUT2D eigenvalue weighted by molar-refractivity contribution is 6.30. The Labute approximate surface area is 433 Å². The molecule has 2 aliphatic carbocycles. The summed E-state index contributed by atoms with van der Waals surface area (Å²) in [7, 11) is 0. The van der Waals surface area contributed by atoms with Crippen molar-refractivity contribution in [2.75, 3.05) is 0 Å². The normalized spacial score (nSPS) is 16.5. The van der Waals surface area contributed by atoms with E-state index in [1.807, 2.05) is 0 Å². The minimum Gasteiger partial charge on any atom is -0.0808 e. The maximum absolute atomic E-state index is 2.40. The van der Waals surface area contributed by atoms with E-state index in [2.05, 4.69) is 288 Å². The Hall–Kier alpha value is -7.02. The van der Waals surface area contributed by atoms with Gasteiger partial charge in [0.25, 0.3) is 0 Å². The fourth-order valence-corrected chi connectivity index (χ4v) is 10.0. The average molecular weight is 943 g/mol. The lowest BCUT2D eigenvalue weighted by Crippen LogP contribution is -2.08. The van der Waals surface area contributed by atoms with Crippen LogP contribution in [0.25, 0.3) is 65.7 Å². The number of unbranched alkanes of at least 4 members (excludes halogenated alkanes) is 2. The third-order valence-corrected chi connectivity index (χ3v) is 14.4. The Morgan fingerprint density at radius 1 is 0.333 bits per heavy atom. The molecule has 72 heavy (non-hydrogen) atoms. The lowest BCUT2D eigenvalue weighted by molar-refractivity contribution is 0.632. The van der Waals surface area contributed by atoms with E-state index >= 15 is 0 Å². The van der Waals surface area contributed by atoms with E-state index in [1.54, 1.807) is 0 Å². The van der Waals surface area contributed by atoms with Crippen LogP contribution in [0.5, 0.6) is 0 Å². The van der Waals surface area contributed by atoms with Gasteiger partial charge in [-0.1, -0.05) is 291 Å². The van der Waals surface area contributed by atoms with Crippen molar-refractivity contribution in [3.05, 3.63) is 252 Å². The minimum atomic E-state index is 0.557. The smallest absolute Gasteiger partial charge is 0.00839 e. The molecule has 4 atom stereocenters. The number of rotatable bonds is 7. The second kappa shape index (κ2) is 25.9. The molecule has 0 fully saturated rings. The minimum absolute atomic E-state index is 0.557. The first-order valence-corrected chi connectivity index (χ1v) is 26.8. The van der Waals surface area contributed by atoms with E-state index in [0.29, 0.717) is 23.7 Å². The van der Waals surface area contributed by atoms with Crippen molar-refractivity contribution in [2.45, 2.75) is 107 Å². The largest absolute Gasteiger partial charge is 0.0808 e. The highest BCUT2D eigenvalue weighted by Gasteiger charge is 2.20. The Bertz CT molecular complexity index is 3180. The summed E-state index contributed by atoms with van der Waals surface area (Å²) in [5.41, 5.74) is 15.9. The molecule has 0 aliphatic heterocycles. The Morgan fingerprint density at radius 3 is 1.21 bits per heavy atom. The summed E-state index contributed by atoms with van der Waals surface area (Å²) in [6.45, 7) is 22.0. The van der Waals surface area contributed by atoms with Gasteiger partial charge in [-0.05, 0) is 134 Å². The number of benzene rings is 9. The van der Waals surface area contributed by atoms with Gasteiger partial charge in [-0.25, -0.2) is 0 Å². The molecule has 11 rings (SSSR count). The molecule has 2 aliphatic rings. The Morgan fingerprint density at radius 2 is 0.736 bits per heavy atom. The molecule has 366 valence electrons. The summed E-state index contributed by atoms with van der Waals surface area (Å²) in [6, 6.07) is 62.1. The number of aryl methyl sites for hydroxylation is 4. The second-order valence-corrected chi connectivity index (χ2v) is 20.0. The molecule has 0 amide bonds. The molecule has 0 spiro atoms. The fourth-order valence-electron chi connectivity index (χ4n) is 10.0. The van der Waals surface area contributed by atoms with Crippen LogP contribution < -0.4 is 0 Å². The van der Waals surface area contributed by atoms with Gasteiger partial charge in [-0.15, -0.1) is 0 Å². The molecule has 0 saturated heterocycles. The molecule has 0 N–H and O–H groups in total. The molecule has 0 aromatic heterocycles. The highest BCUT2D eigenvalue weighted by atomic mass is 14.2. The van der Waals surface area contributed by atoms with Crippen molar-refractivity contribution in [1.29, 1.82) is 0 Å². The molecule has 0 nitrogen and oxygen atoms in total. The summed E-state index contributed by atoms with van der Waals surface area (Å²) in [5.74, 6) is 2.34. The van der Waals surface area contributed by atoms with Gasteiger partial charge in [0, 0.05) is 11.8 Å². The Kier molecular flexibility index (Phi) is 19.0. The number of allylic oxidation sites excluding steroid dienone is 8. The lowest BCUT2D eigenvalue weighted by atomic mass is 9.82. The fraction of sp³-hybridized carbons (Fsp3) is 0.250. The van der Waals surface area contributed by atoms with Gasteiger partial charge in [0.15, 0.2) is 0 Å². The van der Waals surface area contributed by atoms with E-state index in [1.165, 1.54) is 125 Å². The Balaban J connectivity index is 0.000000173. The summed E-state index contributed by atoms with van der Waals surface area (Å²) >= 11 is 0. The second-order valence-electron chi connectivity index (χ2n) is 20.0. The molecular formula is C72H78. The SMILES string of the molecule is CCCC.CCCC.Cc1cccc(-c2ccc3ccc4c(-c5cccc(C)c5)cc(-c5ccccc5)c5ccc2c3c54)c1.Cc1ccccc1C1C=CC=CC1C.Cc1ccccc1C1C=CC=CC1C. The molecule has 4 unspecified atom stereocenters. The lowest BCUT2D eigenvalue weighted by Gasteiger charge is -2.22. The van der Waals surface area contributed by atoms with Gasteiger partial charge in [0.05, 0.1) is 0 Å². The highest BCUT2D eigenvalue weighted by Crippen LogP contribution is 2.46. The van der Waals surface area contributed by atoms with Crippen LogP contribution >= 0.6 is 0 Å². The van der Waals surface area contributed by atoms with Crippen LogP contribution in [0.4, 0.5) is 0 Å². The first-order chi connectivity index (χ1) is 35.1. The third-order valence-electron chi connectivity index (χ3n) is 14.4. The van der Waals surface area contributed by atoms with E-state index in [9.17, 15) is 0 Å². The quantitative estimate of drug-likeness (QED) is 0.140. The van der Waals surface area contributed by atoms with Crippen LogP contribution in [0.15, 0.2) is 218 Å². The van der Waals surface area contributed by atoms with E-state index in [0.717, 1.165) is 0 Å². The van der Waals surface area contributed by atoms with Crippen molar-refractivity contribution in [3.63, 3.8) is 0 Å². The standard InChI is InChI=1S/C36H26.2C14H16.2C4H10/c1-23-8-6-12-27(20-23)29-16-14-26-15-17-31-34(28-13-7-9-24(2)21-28)22-33(25-10-4-3-5-11-25)32-19-18-30(29)35(26)36(31)32;2*1-11-7-3-5-9-13(11)14-10-6-4-8-12(14)2;2*1-3-4-2/h3-22H,1-2H3;2*3-11,13H,1-2H3;2*3-4H2,1-2H3. The molecule has 0 heteroatoms. The summed E-state index contributed by atoms with van der Waals surface area (Å²) in [5, 5.41) is 7.95. The summed E-state index contributed by atoms with van der Waals surface area (Å²) in [4.78, 5) is 0. The third kappa shape index (κ3) is 12.7. The van der Waals surface area contributed by atoms with Crippen LogP contribution in [-0.4, -0.2) is 0 Å². The van der Waals surface area contributed by atoms with Gasteiger partial charge in [-0.2, -0.15) is 0 Å². The molecule has 0 saturated carbocycles. The van der Waals surface area contributed by atoms with Crippen LogP contribution in [0.1, 0.15) is 112 Å². The zero-order valence-corrected chi connectivity index (χ0v) is 44.9. The molecule has 0 radical (unpaired) electrons. The van der Waals surface area contributed by atoms with Crippen LogP contribution in [0.2, 0.25) is 0 Å². The van der Waals surface area contributed by atoms with Crippen molar-refractivity contribution in [3.8, 4) is 33.4 Å². The molecule has 9 aromatic rings. The maximum Gasteiger partial charge on any atom is 0.00839 e. The van der Waals surface area contributed by atoms with E-state index < -0.39 is 0 Å². The topological polar surface area (TPSA) is 0 Å². The van der Waals surface area contributed by atoms with Crippen molar-refractivity contribution in [2.24, 2.45) is 11.8 Å². The van der Waals surface area contributed by atoms with Crippen molar-refractivity contribution in [1.82, 2.24) is 0 Å². The predicted octanol–water partition coefficient (Wildman–Crippen LogP) is 21.5. The zero-order chi connectivity index (χ0) is 51.0. The maximum atomic E-state index is 2.40. The van der Waals surface area contributed by atoms with Gasteiger partial charge in [0.1, 0.15) is 0 Å². The van der Waals surface area contributed by atoms with Crippen LogP contribution in [0, 0.1) is 39.5 Å².